The molecule has 10 nitrogen and oxygen atoms in total. The van der Waals surface area contributed by atoms with Crippen LogP contribution in [0.15, 0.2) is 42.5 Å². The highest BCUT2D eigenvalue weighted by Gasteiger charge is 2.23. The zero-order chi connectivity index (χ0) is 23.1. The molecule has 0 radical (unpaired) electrons. The molecule has 3 rings (SSSR count). The van der Waals surface area contributed by atoms with E-state index in [1.165, 1.54) is 25.3 Å². The highest BCUT2D eigenvalue weighted by Crippen LogP contribution is 2.28. The standard InChI is InChI=1S/C22H25N3O7/c1-3-31-20-14-16(4-9-19(20)30-2)22(27)32-15-21(26)24-12-10-23(11-13-24)17-5-7-18(8-6-17)25(28)29/h4-9,14H,3,10-13,15H2,1-2H3. The van der Waals surface area contributed by atoms with Gasteiger partial charge in [0.2, 0.25) is 0 Å². The predicted molar refractivity (Wildman–Crippen MR) is 116 cm³/mol. The topological polar surface area (TPSA) is 111 Å². The number of hydrogen-bond donors (Lipinski definition) is 0. The number of amides is 1. The van der Waals surface area contributed by atoms with Gasteiger partial charge in [0, 0.05) is 44.0 Å². The molecule has 0 atom stereocenters. The molecule has 1 fully saturated rings. The number of nitro benzene ring substituents is 1. The van der Waals surface area contributed by atoms with Crippen LogP contribution in [0, 0.1) is 10.1 Å². The largest absolute Gasteiger partial charge is 0.493 e. The summed E-state index contributed by atoms with van der Waals surface area (Å²) in [6, 6.07) is 11.0. The summed E-state index contributed by atoms with van der Waals surface area (Å²) in [6.45, 7) is 3.96. The van der Waals surface area contributed by atoms with Gasteiger partial charge in [-0.25, -0.2) is 4.79 Å². The molecular formula is C22H25N3O7. The average Bonchev–Trinajstić information content (AvgIpc) is 2.82. The fourth-order valence-corrected chi connectivity index (χ4v) is 3.37. The first kappa shape index (κ1) is 22.9. The number of ether oxygens (including phenoxy) is 3. The quantitative estimate of drug-likeness (QED) is 0.348. The second-order valence-corrected chi connectivity index (χ2v) is 7.02. The molecule has 0 N–H and O–H groups in total. The van der Waals surface area contributed by atoms with Crippen molar-refractivity contribution in [3.63, 3.8) is 0 Å². The summed E-state index contributed by atoms with van der Waals surface area (Å²) in [4.78, 5) is 38.9. The smallest absolute Gasteiger partial charge is 0.338 e. The van der Waals surface area contributed by atoms with Crippen LogP contribution in [0.1, 0.15) is 17.3 Å². The molecule has 0 bridgehead atoms. The molecule has 1 amide bonds. The first-order valence-electron chi connectivity index (χ1n) is 10.2. The molecular weight excluding hydrogens is 418 g/mol. The van der Waals surface area contributed by atoms with Crippen LogP contribution in [-0.4, -0.2) is 68.2 Å². The van der Waals surface area contributed by atoms with E-state index in [0.29, 0.717) is 44.3 Å². The van der Waals surface area contributed by atoms with Crippen LogP contribution in [-0.2, 0) is 9.53 Å². The van der Waals surface area contributed by atoms with E-state index in [4.69, 9.17) is 14.2 Å². The normalized spacial score (nSPS) is 13.4. The number of piperazine rings is 1. The molecule has 0 aromatic heterocycles. The predicted octanol–water partition coefficient (Wildman–Crippen LogP) is 2.51. The van der Waals surface area contributed by atoms with Gasteiger partial charge >= 0.3 is 5.97 Å². The maximum Gasteiger partial charge on any atom is 0.338 e. The third-order valence-corrected chi connectivity index (χ3v) is 5.08. The van der Waals surface area contributed by atoms with Crippen molar-refractivity contribution in [1.82, 2.24) is 4.90 Å². The number of rotatable bonds is 8. The average molecular weight is 443 g/mol. The molecule has 170 valence electrons. The number of carbonyl (C=O) groups excluding carboxylic acids is 2. The highest BCUT2D eigenvalue weighted by molar-refractivity contribution is 5.92. The van der Waals surface area contributed by atoms with Gasteiger partial charge in [0.05, 0.1) is 24.2 Å². The number of carbonyl (C=O) groups is 2. The van der Waals surface area contributed by atoms with Crippen LogP contribution in [0.5, 0.6) is 11.5 Å². The molecule has 1 aliphatic rings. The Bertz CT molecular complexity index is 970. The highest BCUT2D eigenvalue weighted by atomic mass is 16.6. The first-order valence-corrected chi connectivity index (χ1v) is 10.2. The summed E-state index contributed by atoms with van der Waals surface area (Å²) in [6.07, 6.45) is 0. The molecule has 0 unspecified atom stereocenters. The third kappa shape index (κ3) is 5.45. The van der Waals surface area contributed by atoms with Crippen LogP contribution in [0.3, 0.4) is 0 Å². The lowest BCUT2D eigenvalue weighted by Gasteiger charge is -2.36. The lowest BCUT2D eigenvalue weighted by molar-refractivity contribution is -0.384. The summed E-state index contributed by atoms with van der Waals surface area (Å²) >= 11 is 0. The zero-order valence-electron chi connectivity index (χ0n) is 18.0. The van der Waals surface area contributed by atoms with Crippen molar-refractivity contribution in [2.45, 2.75) is 6.92 Å². The molecule has 2 aromatic carbocycles. The van der Waals surface area contributed by atoms with Crippen molar-refractivity contribution in [3.05, 3.63) is 58.1 Å². The van der Waals surface area contributed by atoms with E-state index in [0.717, 1.165) is 5.69 Å². The molecule has 1 aliphatic heterocycles. The van der Waals surface area contributed by atoms with Crippen LogP contribution >= 0.6 is 0 Å². The number of hydrogen-bond acceptors (Lipinski definition) is 8. The van der Waals surface area contributed by atoms with Gasteiger partial charge in [-0.3, -0.25) is 14.9 Å². The van der Waals surface area contributed by atoms with E-state index in [-0.39, 0.29) is 23.8 Å². The fraction of sp³-hybridized carbons (Fsp3) is 0.364. The maximum absolute atomic E-state index is 12.5. The lowest BCUT2D eigenvalue weighted by Crippen LogP contribution is -2.49. The summed E-state index contributed by atoms with van der Waals surface area (Å²) in [5.74, 6) is 0.0372. The van der Waals surface area contributed by atoms with Gasteiger partial charge in [0.25, 0.3) is 11.6 Å². The van der Waals surface area contributed by atoms with E-state index in [2.05, 4.69) is 0 Å². The zero-order valence-corrected chi connectivity index (χ0v) is 18.0. The molecule has 1 heterocycles. The number of anilines is 1. The Morgan fingerprint density at radius 2 is 1.72 bits per heavy atom. The number of nitrogens with zero attached hydrogens (tertiary/aromatic N) is 3. The molecule has 32 heavy (non-hydrogen) atoms. The number of methoxy groups -OCH3 is 1. The molecule has 0 saturated carbocycles. The van der Waals surface area contributed by atoms with E-state index in [1.54, 1.807) is 29.2 Å². The van der Waals surface area contributed by atoms with E-state index in [1.807, 2.05) is 11.8 Å². The van der Waals surface area contributed by atoms with Crippen LogP contribution in [0.4, 0.5) is 11.4 Å². The minimum Gasteiger partial charge on any atom is -0.493 e. The van der Waals surface area contributed by atoms with Gasteiger partial charge in [-0.15, -0.1) is 0 Å². The van der Waals surface area contributed by atoms with Gasteiger partial charge < -0.3 is 24.0 Å². The lowest BCUT2D eigenvalue weighted by atomic mass is 10.2. The summed E-state index contributed by atoms with van der Waals surface area (Å²) in [5, 5.41) is 10.8. The van der Waals surface area contributed by atoms with Crippen molar-refractivity contribution in [1.29, 1.82) is 0 Å². The Morgan fingerprint density at radius 1 is 1.03 bits per heavy atom. The Morgan fingerprint density at radius 3 is 2.31 bits per heavy atom. The first-order chi connectivity index (χ1) is 15.4. The maximum atomic E-state index is 12.5. The number of benzene rings is 2. The molecule has 0 aliphatic carbocycles. The SMILES string of the molecule is CCOc1cc(C(=O)OCC(=O)N2CCN(c3ccc([N+](=O)[O-])cc3)CC2)ccc1OC. The molecule has 1 saturated heterocycles. The molecule has 0 spiro atoms. The molecule has 10 heteroatoms. The van der Waals surface area contributed by atoms with Gasteiger partial charge in [-0.2, -0.15) is 0 Å². The number of non-ortho nitro benzene ring substituents is 1. The van der Waals surface area contributed by atoms with Gasteiger partial charge in [0.15, 0.2) is 18.1 Å². The van der Waals surface area contributed by atoms with Crippen molar-refractivity contribution < 1.29 is 28.7 Å². The van der Waals surface area contributed by atoms with E-state index in [9.17, 15) is 19.7 Å². The van der Waals surface area contributed by atoms with Gasteiger partial charge in [0.1, 0.15) is 0 Å². The minimum atomic E-state index is -0.619. The Balaban J connectivity index is 1.50. The van der Waals surface area contributed by atoms with Crippen LogP contribution < -0.4 is 14.4 Å². The summed E-state index contributed by atoms with van der Waals surface area (Å²) in [7, 11) is 1.51. The monoisotopic (exact) mass is 443 g/mol. The third-order valence-electron chi connectivity index (χ3n) is 5.08. The molecule has 2 aromatic rings. The Kier molecular flexibility index (Phi) is 7.48. The van der Waals surface area contributed by atoms with Gasteiger partial charge in [-0.1, -0.05) is 0 Å². The van der Waals surface area contributed by atoms with Crippen molar-refractivity contribution in [2.24, 2.45) is 0 Å². The number of nitro groups is 1. The minimum absolute atomic E-state index is 0.0367. The summed E-state index contributed by atoms with van der Waals surface area (Å²) < 4.78 is 15.8. The second kappa shape index (κ2) is 10.5. The second-order valence-electron chi connectivity index (χ2n) is 7.02. The number of esters is 1. The summed E-state index contributed by atoms with van der Waals surface area (Å²) in [5.41, 5.74) is 1.17. The van der Waals surface area contributed by atoms with E-state index >= 15 is 0 Å². The van der Waals surface area contributed by atoms with Crippen molar-refractivity contribution in [2.75, 3.05) is 51.4 Å². The van der Waals surface area contributed by atoms with Crippen molar-refractivity contribution >= 4 is 23.3 Å². The van der Waals surface area contributed by atoms with Crippen molar-refractivity contribution in [3.8, 4) is 11.5 Å². The van der Waals surface area contributed by atoms with E-state index < -0.39 is 10.9 Å². The van der Waals surface area contributed by atoms with Crippen LogP contribution in [0.25, 0.3) is 0 Å². The van der Waals surface area contributed by atoms with Crippen LogP contribution in [0.2, 0.25) is 0 Å². The Hall–Kier alpha value is -3.82. The van der Waals surface area contributed by atoms with Gasteiger partial charge in [-0.05, 0) is 37.3 Å². The fourth-order valence-electron chi connectivity index (χ4n) is 3.37. The Labute approximate surface area is 185 Å².